The van der Waals surface area contributed by atoms with E-state index in [1.807, 2.05) is 11.6 Å². The standard InChI is InChI=1S/C20H18FN5O2S/c1-25-16-10-12(21)4-6-14(16)23-17(25)7-8-22-18(27)11-3-5-13-15(9-11)24-20(29)26(2)19(13)28/h3-6,9-10H,7-8H2,1-2H3,(H,22,27)(H,24,29). The van der Waals surface area contributed by atoms with Crippen LogP contribution in [-0.4, -0.2) is 31.6 Å². The number of benzene rings is 2. The molecule has 0 saturated heterocycles. The van der Waals surface area contributed by atoms with E-state index in [9.17, 15) is 14.0 Å². The molecule has 2 aromatic carbocycles. The lowest BCUT2D eigenvalue weighted by Crippen LogP contribution is -2.26. The van der Waals surface area contributed by atoms with Gasteiger partial charge in [0.05, 0.1) is 21.9 Å². The molecule has 2 heterocycles. The average molecular weight is 411 g/mol. The Kier molecular flexibility index (Phi) is 4.75. The summed E-state index contributed by atoms with van der Waals surface area (Å²) in [5.74, 6) is 0.166. The Bertz CT molecular complexity index is 1390. The summed E-state index contributed by atoms with van der Waals surface area (Å²) in [6.07, 6.45) is 0.495. The number of nitrogens with one attached hydrogen (secondary N) is 2. The third-order valence-corrected chi connectivity index (χ3v) is 5.31. The summed E-state index contributed by atoms with van der Waals surface area (Å²) in [6.45, 7) is 0.364. The van der Waals surface area contributed by atoms with Gasteiger partial charge in [0.25, 0.3) is 11.5 Å². The van der Waals surface area contributed by atoms with Crippen LogP contribution in [0.2, 0.25) is 0 Å². The molecule has 0 spiro atoms. The van der Waals surface area contributed by atoms with Crippen LogP contribution in [0.4, 0.5) is 4.39 Å². The van der Waals surface area contributed by atoms with E-state index >= 15 is 0 Å². The second-order valence-corrected chi connectivity index (χ2v) is 7.17. The molecular formula is C20H18FN5O2S. The van der Waals surface area contributed by atoms with Crippen LogP contribution in [0.15, 0.2) is 41.2 Å². The van der Waals surface area contributed by atoms with Crippen molar-refractivity contribution < 1.29 is 9.18 Å². The van der Waals surface area contributed by atoms with Gasteiger partial charge in [0.15, 0.2) is 4.77 Å². The van der Waals surface area contributed by atoms with Crippen LogP contribution in [-0.2, 0) is 20.5 Å². The quantitative estimate of drug-likeness (QED) is 0.506. The van der Waals surface area contributed by atoms with Crippen LogP contribution in [0.1, 0.15) is 16.2 Å². The predicted octanol–water partition coefficient (Wildman–Crippen LogP) is 2.59. The fourth-order valence-corrected chi connectivity index (χ4v) is 3.47. The van der Waals surface area contributed by atoms with Crippen LogP contribution in [0.3, 0.4) is 0 Å². The Balaban J connectivity index is 1.50. The molecule has 1 amide bonds. The summed E-state index contributed by atoms with van der Waals surface area (Å²) in [5, 5.41) is 3.31. The minimum absolute atomic E-state index is 0.214. The lowest BCUT2D eigenvalue weighted by molar-refractivity contribution is 0.0954. The molecule has 0 saturated carbocycles. The van der Waals surface area contributed by atoms with E-state index < -0.39 is 0 Å². The van der Waals surface area contributed by atoms with Crippen molar-refractivity contribution in [2.45, 2.75) is 6.42 Å². The lowest BCUT2D eigenvalue weighted by Gasteiger charge is -2.07. The number of carbonyl (C=O) groups excluding carboxylic acids is 1. The highest BCUT2D eigenvalue weighted by Crippen LogP contribution is 2.16. The molecule has 29 heavy (non-hydrogen) atoms. The molecule has 0 aliphatic rings. The number of halogens is 1. The molecule has 0 unspecified atom stereocenters. The minimum Gasteiger partial charge on any atom is -0.352 e. The molecule has 9 heteroatoms. The Morgan fingerprint density at radius 2 is 2.00 bits per heavy atom. The van der Waals surface area contributed by atoms with Crippen LogP contribution in [0.25, 0.3) is 21.9 Å². The molecule has 0 aliphatic heterocycles. The van der Waals surface area contributed by atoms with Gasteiger partial charge < -0.3 is 14.9 Å². The zero-order chi connectivity index (χ0) is 20.7. The number of carbonyl (C=O) groups is 1. The maximum Gasteiger partial charge on any atom is 0.261 e. The van der Waals surface area contributed by atoms with Crippen LogP contribution >= 0.6 is 12.2 Å². The first-order valence-corrected chi connectivity index (χ1v) is 9.38. The maximum atomic E-state index is 13.4. The van der Waals surface area contributed by atoms with Gasteiger partial charge in [0, 0.05) is 32.6 Å². The normalized spacial score (nSPS) is 11.3. The van der Waals surface area contributed by atoms with Crippen molar-refractivity contribution >= 4 is 40.1 Å². The van der Waals surface area contributed by atoms with Crippen LogP contribution in [0, 0.1) is 10.6 Å². The maximum absolute atomic E-state index is 13.4. The first kappa shape index (κ1) is 19.0. The average Bonchev–Trinajstić information content (AvgIpc) is 3.01. The van der Waals surface area contributed by atoms with Gasteiger partial charge >= 0.3 is 0 Å². The Labute approximate surface area is 169 Å². The molecule has 0 fully saturated rings. The Morgan fingerprint density at radius 3 is 2.79 bits per heavy atom. The minimum atomic E-state index is -0.314. The van der Waals surface area contributed by atoms with E-state index in [4.69, 9.17) is 12.2 Å². The number of nitrogens with zero attached hydrogens (tertiary/aromatic N) is 3. The largest absolute Gasteiger partial charge is 0.352 e. The lowest BCUT2D eigenvalue weighted by atomic mass is 10.1. The van der Waals surface area contributed by atoms with E-state index in [0.717, 1.165) is 5.82 Å². The number of fused-ring (bicyclic) bond motifs is 2. The van der Waals surface area contributed by atoms with Crippen LogP contribution in [0.5, 0.6) is 0 Å². The molecule has 2 aromatic heterocycles. The van der Waals surface area contributed by atoms with Gasteiger partial charge in [-0.15, -0.1) is 0 Å². The number of hydrogen-bond acceptors (Lipinski definition) is 4. The number of H-pyrrole nitrogens is 1. The van der Waals surface area contributed by atoms with E-state index in [1.165, 1.54) is 16.7 Å². The molecule has 4 aromatic rings. The fraction of sp³-hybridized carbons (Fsp3) is 0.200. The molecule has 0 bridgehead atoms. The van der Waals surface area contributed by atoms with Gasteiger partial charge in [0.2, 0.25) is 0 Å². The van der Waals surface area contributed by atoms with E-state index in [2.05, 4.69) is 15.3 Å². The van der Waals surface area contributed by atoms with Crippen molar-refractivity contribution in [1.29, 1.82) is 0 Å². The van der Waals surface area contributed by atoms with Crippen molar-refractivity contribution in [3.8, 4) is 0 Å². The highest BCUT2D eigenvalue weighted by atomic mass is 32.1. The molecule has 2 N–H and O–H groups in total. The molecule has 148 valence electrons. The second kappa shape index (κ2) is 7.25. The third-order valence-electron chi connectivity index (χ3n) is 4.93. The second-order valence-electron chi connectivity index (χ2n) is 6.78. The topological polar surface area (TPSA) is 84.7 Å². The van der Waals surface area contributed by atoms with Crippen molar-refractivity contribution in [3.05, 3.63) is 68.7 Å². The van der Waals surface area contributed by atoms with Crippen LogP contribution < -0.4 is 10.9 Å². The number of aromatic amines is 1. The van der Waals surface area contributed by atoms with E-state index in [-0.39, 0.29) is 17.3 Å². The predicted molar refractivity (Wildman–Crippen MR) is 111 cm³/mol. The number of aromatic nitrogens is 4. The molecule has 0 atom stereocenters. The van der Waals surface area contributed by atoms with Gasteiger partial charge in [-0.2, -0.15) is 0 Å². The van der Waals surface area contributed by atoms with Crippen molar-refractivity contribution in [1.82, 2.24) is 24.4 Å². The zero-order valence-electron chi connectivity index (χ0n) is 15.8. The monoisotopic (exact) mass is 411 g/mol. The van der Waals surface area contributed by atoms with Gasteiger partial charge in [-0.05, 0) is 48.6 Å². The number of aryl methyl sites for hydroxylation is 1. The molecule has 0 radical (unpaired) electrons. The molecule has 0 aliphatic carbocycles. The van der Waals surface area contributed by atoms with E-state index in [0.29, 0.717) is 45.2 Å². The van der Waals surface area contributed by atoms with Crippen molar-refractivity contribution in [3.63, 3.8) is 0 Å². The first-order valence-electron chi connectivity index (χ1n) is 8.97. The SMILES string of the molecule is Cn1c(=S)[nH]c2cc(C(=O)NCCc3nc4ccc(F)cc4n3C)ccc2c1=O. The zero-order valence-corrected chi connectivity index (χ0v) is 16.6. The Hall–Kier alpha value is -3.33. The number of imidazole rings is 1. The highest BCUT2D eigenvalue weighted by molar-refractivity contribution is 7.71. The Morgan fingerprint density at radius 1 is 1.21 bits per heavy atom. The first-order chi connectivity index (χ1) is 13.8. The molecule has 7 nitrogen and oxygen atoms in total. The fourth-order valence-electron chi connectivity index (χ4n) is 3.27. The molecular weight excluding hydrogens is 393 g/mol. The van der Waals surface area contributed by atoms with Gasteiger partial charge in [-0.1, -0.05) is 0 Å². The smallest absolute Gasteiger partial charge is 0.261 e. The van der Waals surface area contributed by atoms with Crippen molar-refractivity contribution in [2.75, 3.05) is 6.54 Å². The number of rotatable bonds is 4. The van der Waals surface area contributed by atoms with Gasteiger partial charge in [0.1, 0.15) is 11.6 Å². The number of hydrogen-bond donors (Lipinski definition) is 2. The van der Waals surface area contributed by atoms with E-state index in [1.54, 1.807) is 31.3 Å². The third kappa shape index (κ3) is 3.44. The highest BCUT2D eigenvalue weighted by Gasteiger charge is 2.11. The summed E-state index contributed by atoms with van der Waals surface area (Å²) in [6, 6.07) is 9.27. The van der Waals surface area contributed by atoms with Crippen molar-refractivity contribution in [2.24, 2.45) is 14.1 Å². The number of amides is 1. The summed E-state index contributed by atoms with van der Waals surface area (Å²) < 4.78 is 16.9. The summed E-state index contributed by atoms with van der Waals surface area (Å²) in [5.41, 5.74) is 2.14. The van der Waals surface area contributed by atoms with Gasteiger partial charge in [-0.25, -0.2) is 9.37 Å². The molecule has 4 rings (SSSR count). The van der Waals surface area contributed by atoms with Gasteiger partial charge in [-0.3, -0.25) is 14.2 Å². The summed E-state index contributed by atoms with van der Waals surface area (Å²) in [4.78, 5) is 32.2. The summed E-state index contributed by atoms with van der Waals surface area (Å²) >= 11 is 5.12. The summed E-state index contributed by atoms with van der Waals surface area (Å²) in [7, 11) is 3.41.